The summed E-state index contributed by atoms with van der Waals surface area (Å²) in [6, 6.07) is 1.67. The van der Waals surface area contributed by atoms with Gasteiger partial charge in [0.2, 0.25) is 0 Å². The summed E-state index contributed by atoms with van der Waals surface area (Å²) in [7, 11) is -3.48. The van der Waals surface area contributed by atoms with Gasteiger partial charge >= 0.3 is 10.2 Å². The van der Waals surface area contributed by atoms with Gasteiger partial charge in [-0.3, -0.25) is 9.71 Å². The molecule has 1 saturated heterocycles. The van der Waals surface area contributed by atoms with Crippen LogP contribution in [0.1, 0.15) is 18.4 Å². The van der Waals surface area contributed by atoms with Crippen LogP contribution in [-0.2, 0) is 10.2 Å². The summed E-state index contributed by atoms with van der Waals surface area (Å²) in [5.74, 6) is 0.439. The van der Waals surface area contributed by atoms with Crippen molar-refractivity contribution in [3.8, 4) is 0 Å². The standard InChI is InChI=1S/C12H20N4O2S/c1-10-9-14-5-2-12(10)15-19(17,18)16-6-3-11(8-13)4-7-16/h2,5,9,11H,3-4,6-8,13H2,1H3,(H,14,15). The Morgan fingerprint density at radius 3 is 2.74 bits per heavy atom. The maximum atomic E-state index is 12.3. The third-order valence-corrected chi connectivity index (χ3v) is 5.03. The average Bonchev–Trinajstić information content (AvgIpc) is 2.41. The summed E-state index contributed by atoms with van der Waals surface area (Å²) in [5.41, 5.74) is 7.00. The zero-order valence-corrected chi connectivity index (χ0v) is 11.9. The lowest BCUT2D eigenvalue weighted by molar-refractivity contribution is 0.280. The first-order valence-corrected chi connectivity index (χ1v) is 7.85. The van der Waals surface area contributed by atoms with E-state index in [-0.39, 0.29) is 0 Å². The van der Waals surface area contributed by atoms with Crippen molar-refractivity contribution in [3.05, 3.63) is 24.0 Å². The second-order valence-electron chi connectivity index (χ2n) is 4.88. The van der Waals surface area contributed by atoms with Crippen LogP contribution >= 0.6 is 0 Å². The predicted octanol–water partition coefficient (Wildman–Crippen LogP) is 0.717. The van der Waals surface area contributed by atoms with E-state index in [1.165, 1.54) is 4.31 Å². The first kappa shape index (κ1) is 14.2. The van der Waals surface area contributed by atoms with Gasteiger partial charge in [-0.1, -0.05) is 0 Å². The lowest BCUT2D eigenvalue weighted by Gasteiger charge is -2.30. The fourth-order valence-corrected chi connectivity index (χ4v) is 3.50. The monoisotopic (exact) mass is 284 g/mol. The molecule has 0 saturated carbocycles. The van der Waals surface area contributed by atoms with Gasteiger partial charge in [0, 0.05) is 25.5 Å². The van der Waals surface area contributed by atoms with Crippen LogP contribution in [0.4, 0.5) is 5.69 Å². The summed E-state index contributed by atoms with van der Waals surface area (Å²) in [6.07, 6.45) is 4.86. The highest BCUT2D eigenvalue weighted by Crippen LogP contribution is 2.21. The van der Waals surface area contributed by atoms with Crippen molar-refractivity contribution in [3.63, 3.8) is 0 Å². The van der Waals surface area contributed by atoms with Crippen molar-refractivity contribution in [1.29, 1.82) is 0 Å². The van der Waals surface area contributed by atoms with Crippen LogP contribution in [0.25, 0.3) is 0 Å². The number of piperidine rings is 1. The van der Waals surface area contributed by atoms with Gasteiger partial charge in [-0.2, -0.15) is 12.7 Å². The third-order valence-electron chi connectivity index (χ3n) is 3.51. The Bertz CT molecular complexity index is 524. The fourth-order valence-electron chi connectivity index (χ4n) is 2.18. The lowest BCUT2D eigenvalue weighted by Crippen LogP contribution is -2.42. The van der Waals surface area contributed by atoms with Gasteiger partial charge in [-0.15, -0.1) is 0 Å². The lowest BCUT2D eigenvalue weighted by atomic mass is 9.99. The van der Waals surface area contributed by atoms with Crippen LogP contribution in [-0.4, -0.2) is 37.3 Å². The number of pyridine rings is 1. The Balaban J connectivity index is 2.05. The molecule has 3 N–H and O–H groups in total. The molecular weight excluding hydrogens is 264 g/mol. The topological polar surface area (TPSA) is 88.3 Å². The molecular formula is C12H20N4O2S. The molecule has 19 heavy (non-hydrogen) atoms. The number of hydrogen-bond acceptors (Lipinski definition) is 4. The number of rotatable bonds is 4. The van der Waals surface area contributed by atoms with Crippen molar-refractivity contribution < 1.29 is 8.42 Å². The molecule has 106 valence electrons. The van der Waals surface area contributed by atoms with E-state index in [1.807, 2.05) is 6.92 Å². The molecule has 1 fully saturated rings. The van der Waals surface area contributed by atoms with Crippen LogP contribution in [0.2, 0.25) is 0 Å². The van der Waals surface area contributed by atoms with Crippen molar-refractivity contribution in [1.82, 2.24) is 9.29 Å². The largest absolute Gasteiger partial charge is 0.330 e. The molecule has 0 bridgehead atoms. The zero-order valence-electron chi connectivity index (χ0n) is 11.0. The van der Waals surface area contributed by atoms with Crippen LogP contribution < -0.4 is 10.5 Å². The molecule has 1 aromatic heterocycles. The van der Waals surface area contributed by atoms with E-state index in [4.69, 9.17) is 5.73 Å². The second kappa shape index (κ2) is 5.85. The van der Waals surface area contributed by atoms with Crippen molar-refractivity contribution >= 4 is 15.9 Å². The number of anilines is 1. The minimum Gasteiger partial charge on any atom is -0.330 e. The molecule has 0 radical (unpaired) electrons. The Labute approximate surface area is 114 Å². The zero-order chi connectivity index (χ0) is 13.9. The number of hydrogen-bond donors (Lipinski definition) is 2. The molecule has 0 atom stereocenters. The summed E-state index contributed by atoms with van der Waals surface area (Å²) in [4.78, 5) is 3.95. The van der Waals surface area contributed by atoms with Gasteiger partial charge in [0.05, 0.1) is 5.69 Å². The third kappa shape index (κ3) is 3.43. The first-order valence-electron chi connectivity index (χ1n) is 6.41. The van der Waals surface area contributed by atoms with E-state index in [1.54, 1.807) is 18.5 Å². The first-order chi connectivity index (χ1) is 9.03. The normalized spacial score (nSPS) is 18.4. The molecule has 1 aromatic rings. The summed E-state index contributed by atoms with van der Waals surface area (Å²) in [5, 5.41) is 0. The molecule has 1 aliphatic heterocycles. The molecule has 1 aliphatic rings. The van der Waals surface area contributed by atoms with Gasteiger partial charge in [0.1, 0.15) is 0 Å². The van der Waals surface area contributed by atoms with Gasteiger partial charge in [-0.05, 0) is 43.9 Å². The van der Waals surface area contributed by atoms with Gasteiger partial charge in [0.15, 0.2) is 0 Å². The minimum atomic E-state index is -3.48. The fraction of sp³-hybridized carbons (Fsp3) is 0.583. The van der Waals surface area contributed by atoms with Crippen LogP contribution in [0.3, 0.4) is 0 Å². The Morgan fingerprint density at radius 2 is 2.16 bits per heavy atom. The average molecular weight is 284 g/mol. The highest BCUT2D eigenvalue weighted by molar-refractivity contribution is 7.90. The van der Waals surface area contributed by atoms with E-state index in [0.29, 0.717) is 31.2 Å². The molecule has 0 aliphatic carbocycles. The van der Waals surface area contributed by atoms with E-state index < -0.39 is 10.2 Å². The van der Waals surface area contributed by atoms with Gasteiger partial charge in [-0.25, -0.2) is 0 Å². The number of aromatic nitrogens is 1. The van der Waals surface area contributed by atoms with Gasteiger partial charge in [0.25, 0.3) is 0 Å². The van der Waals surface area contributed by atoms with E-state index in [0.717, 1.165) is 18.4 Å². The van der Waals surface area contributed by atoms with E-state index in [2.05, 4.69) is 9.71 Å². The van der Waals surface area contributed by atoms with Crippen LogP contribution in [0.5, 0.6) is 0 Å². The molecule has 6 nitrogen and oxygen atoms in total. The molecule has 2 heterocycles. The molecule has 0 amide bonds. The maximum Gasteiger partial charge on any atom is 0.301 e. The maximum absolute atomic E-state index is 12.3. The molecule has 0 aromatic carbocycles. The summed E-state index contributed by atoms with van der Waals surface area (Å²) in [6.45, 7) is 3.51. The minimum absolute atomic E-state index is 0.439. The Kier molecular flexibility index (Phi) is 4.38. The highest BCUT2D eigenvalue weighted by atomic mass is 32.2. The molecule has 0 spiro atoms. The predicted molar refractivity (Wildman–Crippen MR) is 74.9 cm³/mol. The SMILES string of the molecule is Cc1cnccc1NS(=O)(=O)N1CCC(CN)CC1. The number of nitrogens with one attached hydrogen (secondary N) is 1. The number of aryl methyl sites for hydroxylation is 1. The van der Waals surface area contributed by atoms with Gasteiger partial charge < -0.3 is 5.73 Å². The smallest absolute Gasteiger partial charge is 0.301 e. The number of nitrogens with zero attached hydrogens (tertiary/aromatic N) is 2. The van der Waals surface area contributed by atoms with E-state index in [9.17, 15) is 8.42 Å². The second-order valence-corrected chi connectivity index (χ2v) is 6.55. The van der Waals surface area contributed by atoms with Crippen molar-refractivity contribution in [2.45, 2.75) is 19.8 Å². The molecule has 0 unspecified atom stereocenters. The van der Waals surface area contributed by atoms with Crippen LogP contribution in [0, 0.1) is 12.8 Å². The number of nitrogens with two attached hydrogens (primary N) is 1. The van der Waals surface area contributed by atoms with Crippen molar-refractivity contribution in [2.75, 3.05) is 24.4 Å². The summed E-state index contributed by atoms with van der Waals surface area (Å²) < 4.78 is 28.6. The summed E-state index contributed by atoms with van der Waals surface area (Å²) >= 11 is 0. The quantitative estimate of drug-likeness (QED) is 0.852. The Hall–Kier alpha value is -1.18. The Morgan fingerprint density at radius 1 is 1.47 bits per heavy atom. The van der Waals surface area contributed by atoms with Crippen molar-refractivity contribution in [2.24, 2.45) is 11.7 Å². The van der Waals surface area contributed by atoms with E-state index >= 15 is 0 Å². The molecule has 2 rings (SSSR count). The molecule has 7 heteroatoms. The highest BCUT2D eigenvalue weighted by Gasteiger charge is 2.27. The van der Waals surface area contributed by atoms with Crippen LogP contribution in [0.15, 0.2) is 18.5 Å².